The minimum Gasteiger partial charge on any atom is -0.459 e. The van der Waals surface area contributed by atoms with Gasteiger partial charge in [-0.15, -0.1) is 0 Å². The van der Waals surface area contributed by atoms with Gasteiger partial charge in [0.2, 0.25) is 0 Å². The Morgan fingerprint density at radius 2 is 1.77 bits per heavy atom. The molecule has 0 saturated heterocycles. The first kappa shape index (κ1) is 21.8. The molecule has 1 N–H and O–H groups in total. The quantitative estimate of drug-likeness (QED) is 0.585. The molecule has 7 nitrogen and oxygen atoms in total. The van der Waals surface area contributed by atoms with Crippen molar-refractivity contribution < 1.29 is 23.5 Å². The summed E-state index contributed by atoms with van der Waals surface area (Å²) < 4.78 is 10.3. The van der Waals surface area contributed by atoms with E-state index >= 15 is 0 Å². The number of nitrogens with zero attached hydrogens (tertiary/aromatic N) is 1. The summed E-state index contributed by atoms with van der Waals surface area (Å²) >= 11 is 0. The fraction of sp³-hybridized carbons (Fsp3) is 0.208. The van der Waals surface area contributed by atoms with Crippen molar-refractivity contribution in [1.82, 2.24) is 4.90 Å². The third kappa shape index (κ3) is 5.82. The first-order valence-electron chi connectivity index (χ1n) is 9.75. The third-order valence-corrected chi connectivity index (χ3v) is 4.76. The number of carbonyl (C=O) groups excluding carboxylic acids is 3. The monoisotopic (exact) mass is 420 g/mol. The molecule has 0 atom stereocenters. The molecule has 0 aliphatic rings. The van der Waals surface area contributed by atoms with Crippen LogP contribution in [0.1, 0.15) is 37.6 Å². The Hall–Kier alpha value is -3.87. The molecule has 0 unspecified atom stereocenters. The molecule has 31 heavy (non-hydrogen) atoms. The molecule has 3 rings (SSSR count). The predicted molar refractivity (Wildman–Crippen MR) is 116 cm³/mol. The number of nitrogens with one attached hydrogen (secondary N) is 1. The van der Waals surface area contributed by atoms with E-state index in [2.05, 4.69) is 5.32 Å². The standard InChI is InChI=1S/C24H24N2O5/c1-16-6-9-18(10-7-16)14-26(3)22(27)15-31-24(29)19-11-8-17(2)20(13-19)25-23(28)21-5-4-12-30-21/h4-13H,14-15H2,1-3H3,(H,25,28). The van der Waals surface area contributed by atoms with Gasteiger partial charge in [0.1, 0.15) is 0 Å². The maximum Gasteiger partial charge on any atom is 0.338 e. The number of benzene rings is 2. The second kappa shape index (κ2) is 9.75. The largest absolute Gasteiger partial charge is 0.459 e. The molecule has 3 aromatic rings. The highest BCUT2D eigenvalue weighted by atomic mass is 16.5. The molecule has 160 valence electrons. The van der Waals surface area contributed by atoms with Gasteiger partial charge in [-0.05, 0) is 49.2 Å². The van der Waals surface area contributed by atoms with Crippen molar-refractivity contribution >= 4 is 23.5 Å². The minimum absolute atomic E-state index is 0.162. The number of aryl methyl sites for hydroxylation is 2. The first-order valence-corrected chi connectivity index (χ1v) is 9.75. The third-order valence-electron chi connectivity index (χ3n) is 4.76. The SMILES string of the molecule is Cc1ccc(CN(C)C(=O)COC(=O)c2ccc(C)c(NC(=O)c3ccco3)c2)cc1. The maximum atomic E-state index is 12.4. The van der Waals surface area contributed by atoms with Crippen LogP contribution in [0.15, 0.2) is 65.3 Å². The van der Waals surface area contributed by atoms with Crippen molar-refractivity contribution in [3.63, 3.8) is 0 Å². The number of hydrogen-bond acceptors (Lipinski definition) is 5. The van der Waals surface area contributed by atoms with Crippen molar-refractivity contribution in [2.45, 2.75) is 20.4 Å². The van der Waals surface area contributed by atoms with E-state index in [1.807, 2.05) is 31.2 Å². The predicted octanol–water partition coefficient (Wildman–Crippen LogP) is 3.96. The highest BCUT2D eigenvalue weighted by Gasteiger charge is 2.16. The van der Waals surface area contributed by atoms with Crippen molar-refractivity contribution in [2.24, 2.45) is 0 Å². The lowest BCUT2D eigenvalue weighted by Gasteiger charge is -2.17. The lowest BCUT2D eigenvalue weighted by atomic mass is 10.1. The van der Waals surface area contributed by atoms with Crippen LogP contribution in [0.2, 0.25) is 0 Å². The molecule has 1 heterocycles. The average molecular weight is 420 g/mol. The van der Waals surface area contributed by atoms with Crippen molar-refractivity contribution in [3.05, 3.63) is 88.9 Å². The van der Waals surface area contributed by atoms with Crippen LogP contribution < -0.4 is 5.32 Å². The van der Waals surface area contributed by atoms with E-state index in [0.29, 0.717) is 12.2 Å². The van der Waals surface area contributed by atoms with Crippen LogP contribution in [-0.2, 0) is 16.1 Å². The van der Waals surface area contributed by atoms with Gasteiger partial charge in [0.15, 0.2) is 12.4 Å². The maximum absolute atomic E-state index is 12.4. The highest BCUT2D eigenvalue weighted by Crippen LogP contribution is 2.19. The molecule has 0 saturated carbocycles. The lowest BCUT2D eigenvalue weighted by molar-refractivity contribution is -0.133. The Morgan fingerprint density at radius 1 is 1.03 bits per heavy atom. The molecule has 2 aromatic carbocycles. The van der Waals surface area contributed by atoms with Gasteiger partial charge in [0, 0.05) is 19.3 Å². The minimum atomic E-state index is -0.648. The van der Waals surface area contributed by atoms with E-state index in [1.54, 1.807) is 38.2 Å². The van der Waals surface area contributed by atoms with E-state index in [4.69, 9.17) is 9.15 Å². The van der Waals surface area contributed by atoms with E-state index in [9.17, 15) is 14.4 Å². The number of anilines is 1. The zero-order valence-corrected chi connectivity index (χ0v) is 17.7. The van der Waals surface area contributed by atoms with Crippen molar-refractivity contribution in [2.75, 3.05) is 19.0 Å². The number of hydrogen-bond donors (Lipinski definition) is 1. The number of amides is 2. The van der Waals surface area contributed by atoms with Crippen molar-refractivity contribution in [1.29, 1.82) is 0 Å². The van der Waals surface area contributed by atoms with E-state index in [-0.39, 0.29) is 23.8 Å². The highest BCUT2D eigenvalue weighted by molar-refractivity contribution is 6.03. The summed E-state index contributed by atoms with van der Waals surface area (Å²) in [6.07, 6.45) is 1.41. The number of likely N-dealkylation sites (N-methyl/N-ethyl adjacent to an activating group) is 1. The van der Waals surface area contributed by atoms with Crippen LogP contribution in [0.5, 0.6) is 0 Å². The Balaban J connectivity index is 1.57. The molecule has 1 aromatic heterocycles. The van der Waals surface area contributed by atoms with Gasteiger partial charge in [-0.25, -0.2) is 4.79 Å². The molecule has 0 aliphatic heterocycles. The van der Waals surface area contributed by atoms with Gasteiger partial charge in [-0.1, -0.05) is 35.9 Å². The van der Waals surface area contributed by atoms with Crippen LogP contribution >= 0.6 is 0 Å². The van der Waals surface area contributed by atoms with Crippen LogP contribution in [0.3, 0.4) is 0 Å². The first-order chi connectivity index (χ1) is 14.8. The van der Waals surface area contributed by atoms with Gasteiger partial charge in [-0.2, -0.15) is 0 Å². The lowest BCUT2D eigenvalue weighted by Crippen LogP contribution is -2.30. The Labute approximate surface area is 180 Å². The van der Waals surface area contributed by atoms with Crippen LogP contribution in [0.4, 0.5) is 5.69 Å². The number of furan rings is 1. The molecule has 7 heteroatoms. The van der Waals surface area contributed by atoms with Gasteiger partial charge in [0.25, 0.3) is 11.8 Å². The van der Waals surface area contributed by atoms with E-state index < -0.39 is 11.9 Å². The summed E-state index contributed by atoms with van der Waals surface area (Å²) in [5.41, 5.74) is 3.59. The number of rotatable bonds is 7. The smallest absolute Gasteiger partial charge is 0.338 e. The zero-order chi connectivity index (χ0) is 22.4. The van der Waals surface area contributed by atoms with Gasteiger partial charge in [-0.3, -0.25) is 9.59 Å². The Kier molecular flexibility index (Phi) is 6.87. The molecule has 0 radical (unpaired) electrons. The summed E-state index contributed by atoms with van der Waals surface area (Å²) in [5.74, 6) is -1.22. The van der Waals surface area contributed by atoms with Crippen LogP contribution in [-0.4, -0.2) is 36.3 Å². The van der Waals surface area contributed by atoms with E-state index in [1.165, 1.54) is 17.2 Å². The van der Waals surface area contributed by atoms with Gasteiger partial charge >= 0.3 is 5.97 Å². The topological polar surface area (TPSA) is 88.9 Å². The molecule has 0 aliphatic carbocycles. The fourth-order valence-corrected chi connectivity index (χ4v) is 2.85. The number of esters is 1. The zero-order valence-electron chi connectivity index (χ0n) is 17.7. The summed E-state index contributed by atoms with van der Waals surface area (Å²) in [6, 6.07) is 15.8. The molecular weight excluding hydrogens is 396 g/mol. The Morgan fingerprint density at radius 3 is 2.45 bits per heavy atom. The fourth-order valence-electron chi connectivity index (χ4n) is 2.85. The second-order valence-corrected chi connectivity index (χ2v) is 7.27. The summed E-state index contributed by atoms with van der Waals surface area (Å²) in [7, 11) is 1.66. The average Bonchev–Trinajstić information content (AvgIpc) is 3.30. The number of ether oxygens (including phenoxy) is 1. The second-order valence-electron chi connectivity index (χ2n) is 7.27. The van der Waals surface area contributed by atoms with Crippen molar-refractivity contribution in [3.8, 4) is 0 Å². The van der Waals surface area contributed by atoms with Crippen LogP contribution in [0, 0.1) is 13.8 Å². The normalized spacial score (nSPS) is 10.4. The summed E-state index contributed by atoms with van der Waals surface area (Å²) in [4.78, 5) is 38.4. The summed E-state index contributed by atoms with van der Waals surface area (Å²) in [6.45, 7) is 3.85. The molecule has 0 spiro atoms. The molecule has 0 fully saturated rings. The van der Waals surface area contributed by atoms with Crippen LogP contribution in [0.25, 0.3) is 0 Å². The van der Waals surface area contributed by atoms with Gasteiger partial charge < -0.3 is 19.4 Å². The summed E-state index contributed by atoms with van der Waals surface area (Å²) in [5, 5.41) is 2.71. The number of carbonyl (C=O) groups is 3. The van der Waals surface area contributed by atoms with Gasteiger partial charge in [0.05, 0.1) is 11.8 Å². The molecular formula is C24H24N2O5. The Bertz CT molecular complexity index is 1070. The molecule has 2 amide bonds. The molecule has 0 bridgehead atoms. The van der Waals surface area contributed by atoms with E-state index in [0.717, 1.165) is 16.7 Å².